The summed E-state index contributed by atoms with van der Waals surface area (Å²) in [5.41, 5.74) is 4.14. The second-order valence-corrected chi connectivity index (χ2v) is 3.92. The highest BCUT2D eigenvalue weighted by Gasteiger charge is 2.20. The van der Waals surface area contributed by atoms with E-state index in [1.54, 1.807) is 14.0 Å². The fraction of sp³-hybridized carbons (Fsp3) is 0.333. The Kier molecular flexibility index (Phi) is 4.80. The van der Waals surface area contributed by atoms with Gasteiger partial charge in [-0.05, 0) is 19.1 Å². The predicted molar refractivity (Wildman–Crippen MR) is 66.4 cm³/mol. The Hall–Kier alpha value is -2.18. The molecule has 1 rings (SSSR count). The van der Waals surface area contributed by atoms with E-state index < -0.39 is 23.1 Å². The SMILES string of the molecule is CCN(C)C(=O)CNC(=O)c1c(F)ccc(N)c1F. The Bertz CT molecular complexity index is 506. The molecule has 0 unspecified atom stereocenters. The van der Waals surface area contributed by atoms with Crippen molar-refractivity contribution < 1.29 is 18.4 Å². The molecule has 0 heterocycles. The first-order valence-corrected chi connectivity index (χ1v) is 5.64. The monoisotopic (exact) mass is 271 g/mol. The van der Waals surface area contributed by atoms with E-state index in [-0.39, 0.29) is 18.1 Å². The van der Waals surface area contributed by atoms with Gasteiger partial charge >= 0.3 is 0 Å². The van der Waals surface area contributed by atoms with Crippen LogP contribution in [0.1, 0.15) is 17.3 Å². The summed E-state index contributed by atoms with van der Waals surface area (Å²) in [6.07, 6.45) is 0. The summed E-state index contributed by atoms with van der Waals surface area (Å²) in [6.45, 7) is 1.89. The van der Waals surface area contributed by atoms with E-state index in [0.29, 0.717) is 6.54 Å². The van der Waals surface area contributed by atoms with Crippen LogP contribution in [0.25, 0.3) is 0 Å². The van der Waals surface area contributed by atoms with Gasteiger partial charge in [-0.15, -0.1) is 0 Å². The van der Waals surface area contributed by atoms with Gasteiger partial charge in [0.1, 0.15) is 11.4 Å². The van der Waals surface area contributed by atoms with E-state index >= 15 is 0 Å². The Morgan fingerprint density at radius 1 is 1.37 bits per heavy atom. The van der Waals surface area contributed by atoms with Crippen molar-refractivity contribution >= 4 is 17.5 Å². The van der Waals surface area contributed by atoms with Crippen LogP contribution in [0.2, 0.25) is 0 Å². The Balaban J connectivity index is 2.80. The molecule has 0 atom stereocenters. The highest BCUT2D eigenvalue weighted by Crippen LogP contribution is 2.18. The fourth-order valence-electron chi connectivity index (χ4n) is 1.33. The average Bonchev–Trinajstić information content (AvgIpc) is 2.39. The van der Waals surface area contributed by atoms with E-state index in [1.165, 1.54) is 4.90 Å². The van der Waals surface area contributed by atoms with E-state index in [1.807, 2.05) is 0 Å². The number of likely N-dealkylation sites (N-methyl/N-ethyl adjacent to an activating group) is 1. The average molecular weight is 271 g/mol. The number of nitrogens with one attached hydrogen (secondary N) is 1. The molecule has 3 N–H and O–H groups in total. The van der Waals surface area contributed by atoms with Crippen molar-refractivity contribution in [3.63, 3.8) is 0 Å². The molecule has 0 aliphatic carbocycles. The minimum absolute atomic E-state index is 0.330. The van der Waals surface area contributed by atoms with Gasteiger partial charge in [0, 0.05) is 13.6 Å². The van der Waals surface area contributed by atoms with Crippen molar-refractivity contribution in [3.05, 3.63) is 29.3 Å². The Labute approximate surface area is 109 Å². The molecular weight excluding hydrogens is 256 g/mol. The Morgan fingerprint density at radius 2 is 2.00 bits per heavy atom. The molecule has 2 amide bonds. The molecule has 0 spiro atoms. The van der Waals surface area contributed by atoms with Crippen LogP contribution in [0.15, 0.2) is 12.1 Å². The summed E-state index contributed by atoms with van der Waals surface area (Å²) in [5.74, 6) is -3.53. The van der Waals surface area contributed by atoms with Crippen molar-refractivity contribution in [2.75, 3.05) is 25.9 Å². The summed E-state index contributed by atoms with van der Waals surface area (Å²) in [5, 5.41) is 2.16. The first kappa shape index (κ1) is 14.9. The van der Waals surface area contributed by atoms with Crippen LogP contribution < -0.4 is 11.1 Å². The topological polar surface area (TPSA) is 75.4 Å². The lowest BCUT2D eigenvalue weighted by Gasteiger charge is -2.15. The van der Waals surface area contributed by atoms with Gasteiger partial charge in [-0.1, -0.05) is 0 Å². The highest BCUT2D eigenvalue weighted by atomic mass is 19.1. The summed E-state index contributed by atoms with van der Waals surface area (Å²) in [4.78, 5) is 24.4. The lowest BCUT2D eigenvalue weighted by atomic mass is 10.1. The second-order valence-electron chi connectivity index (χ2n) is 3.92. The van der Waals surface area contributed by atoms with Crippen molar-refractivity contribution in [2.45, 2.75) is 6.92 Å². The van der Waals surface area contributed by atoms with Gasteiger partial charge in [0.2, 0.25) is 5.91 Å². The molecule has 5 nitrogen and oxygen atoms in total. The van der Waals surface area contributed by atoms with Gasteiger partial charge in [0.05, 0.1) is 12.2 Å². The molecule has 1 aromatic rings. The van der Waals surface area contributed by atoms with E-state index in [0.717, 1.165) is 12.1 Å². The molecule has 1 aromatic carbocycles. The van der Waals surface area contributed by atoms with Gasteiger partial charge in [-0.2, -0.15) is 0 Å². The van der Waals surface area contributed by atoms with Crippen molar-refractivity contribution in [1.82, 2.24) is 10.2 Å². The maximum atomic E-state index is 13.5. The summed E-state index contributed by atoms with van der Waals surface area (Å²) in [7, 11) is 1.55. The molecular formula is C12H15F2N3O2. The lowest BCUT2D eigenvalue weighted by molar-refractivity contribution is -0.128. The smallest absolute Gasteiger partial charge is 0.257 e. The van der Waals surface area contributed by atoms with Crippen LogP contribution in [-0.2, 0) is 4.79 Å². The summed E-state index contributed by atoms with van der Waals surface area (Å²) in [6, 6.07) is 1.92. The summed E-state index contributed by atoms with van der Waals surface area (Å²) < 4.78 is 26.9. The molecule has 7 heteroatoms. The van der Waals surface area contributed by atoms with E-state index in [9.17, 15) is 18.4 Å². The standard InChI is InChI=1S/C12H15F2N3O2/c1-3-17(2)9(18)6-16-12(19)10-7(13)4-5-8(15)11(10)14/h4-5H,3,6,15H2,1-2H3,(H,16,19). The molecule has 0 radical (unpaired) electrons. The zero-order valence-corrected chi connectivity index (χ0v) is 10.7. The minimum atomic E-state index is -1.13. The van der Waals surface area contributed by atoms with Gasteiger partial charge in [0.25, 0.3) is 5.91 Å². The van der Waals surface area contributed by atoms with Gasteiger partial charge in [0.15, 0.2) is 5.82 Å². The third kappa shape index (κ3) is 3.40. The number of halogens is 2. The number of hydrogen-bond donors (Lipinski definition) is 2. The van der Waals surface area contributed by atoms with Crippen LogP contribution in [-0.4, -0.2) is 36.9 Å². The number of anilines is 1. The molecule has 0 aliphatic rings. The lowest BCUT2D eigenvalue weighted by Crippen LogP contribution is -2.38. The number of carbonyl (C=O) groups is 2. The normalized spacial score (nSPS) is 10.1. The number of nitrogen functional groups attached to an aromatic ring is 1. The van der Waals surface area contributed by atoms with E-state index in [2.05, 4.69) is 5.32 Å². The van der Waals surface area contributed by atoms with Crippen LogP contribution in [0, 0.1) is 11.6 Å². The van der Waals surface area contributed by atoms with Crippen molar-refractivity contribution in [2.24, 2.45) is 0 Å². The Morgan fingerprint density at radius 3 is 2.58 bits per heavy atom. The zero-order valence-electron chi connectivity index (χ0n) is 10.7. The molecule has 0 saturated carbocycles. The predicted octanol–water partition coefficient (Wildman–Crippen LogP) is 0.755. The first-order chi connectivity index (χ1) is 8.88. The minimum Gasteiger partial charge on any atom is -0.396 e. The van der Waals surface area contributed by atoms with Crippen LogP contribution in [0.3, 0.4) is 0 Å². The van der Waals surface area contributed by atoms with Crippen molar-refractivity contribution in [1.29, 1.82) is 0 Å². The number of carbonyl (C=O) groups excluding carboxylic acids is 2. The molecule has 19 heavy (non-hydrogen) atoms. The first-order valence-electron chi connectivity index (χ1n) is 5.64. The highest BCUT2D eigenvalue weighted by molar-refractivity contribution is 5.97. The number of benzene rings is 1. The van der Waals surface area contributed by atoms with E-state index in [4.69, 9.17) is 5.73 Å². The number of nitrogens with zero attached hydrogens (tertiary/aromatic N) is 1. The number of rotatable bonds is 4. The molecule has 104 valence electrons. The zero-order chi connectivity index (χ0) is 14.6. The summed E-state index contributed by atoms with van der Waals surface area (Å²) >= 11 is 0. The van der Waals surface area contributed by atoms with Crippen LogP contribution in [0.4, 0.5) is 14.5 Å². The number of amides is 2. The maximum Gasteiger partial charge on any atom is 0.257 e. The molecule has 0 saturated heterocycles. The fourth-order valence-corrected chi connectivity index (χ4v) is 1.33. The molecule has 0 bridgehead atoms. The molecule has 0 aliphatic heterocycles. The van der Waals surface area contributed by atoms with Gasteiger partial charge in [-0.25, -0.2) is 8.78 Å². The van der Waals surface area contributed by atoms with Gasteiger partial charge < -0.3 is 16.0 Å². The maximum absolute atomic E-state index is 13.5. The number of hydrogen-bond acceptors (Lipinski definition) is 3. The van der Waals surface area contributed by atoms with Gasteiger partial charge in [-0.3, -0.25) is 9.59 Å². The number of nitrogens with two attached hydrogens (primary N) is 1. The molecule has 0 aromatic heterocycles. The van der Waals surface area contributed by atoms with Crippen LogP contribution >= 0.6 is 0 Å². The quantitative estimate of drug-likeness (QED) is 0.794. The second kappa shape index (κ2) is 6.12. The third-order valence-corrected chi connectivity index (χ3v) is 2.65. The molecule has 0 fully saturated rings. The van der Waals surface area contributed by atoms with Crippen molar-refractivity contribution in [3.8, 4) is 0 Å². The largest absolute Gasteiger partial charge is 0.396 e. The third-order valence-electron chi connectivity index (χ3n) is 2.65. The van der Waals surface area contributed by atoms with Crippen LogP contribution in [0.5, 0.6) is 0 Å².